The second kappa shape index (κ2) is 4.65. The van der Waals surface area contributed by atoms with Crippen molar-refractivity contribution in [2.45, 2.75) is 26.3 Å². The Morgan fingerprint density at radius 2 is 2.00 bits per heavy atom. The molecule has 0 heterocycles. The fourth-order valence-corrected chi connectivity index (χ4v) is 1.38. The fraction of sp³-hybridized carbons (Fsp3) is 0.364. The molecule has 0 bridgehead atoms. The molecule has 1 rings (SSSR count). The van der Waals surface area contributed by atoms with E-state index in [1.807, 2.05) is 19.1 Å². The van der Waals surface area contributed by atoms with Crippen LogP contribution >= 0.6 is 0 Å². The molecule has 3 nitrogen and oxygen atoms in total. The quantitative estimate of drug-likeness (QED) is 0.763. The monoisotopic (exact) mass is 193 g/mol. The van der Waals surface area contributed by atoms with E-state index in [1.54, 1.807) is 12.1 Å². The van der Waals surface area contributed by atoms with E-state index in [2.05, 4.69) is 5.32 Å². The van der Waals surface area contributed by atoms with Crippen LogP contribution in [0.25, 0.3) is 0 Å². The first-order valence-corrected chi connectivity index (χ1v) is 4.63. The minimum atomic E-state index is -0.0173. The van der Waals surface area contributed by atoms with Crippen LogP contribution in [0.1, 0.15) is 19.4 Å². The lowest BCUT2D eigenvalue weighted by Gasteiger charge is -2.12. The first-order valence-electron chi connectivity index (χ1n) is 4.63. The third-order valence-corrected chi connectivity index (χ3v) is 1.93. The van der Waals surface area contributed by atoms with Gasteiger partial charge in [0.2, 0.25) is 5.91 Å². The molecule has 0 fully saturated rings. The normalized spacial score (nSPS) is 12.1. The molecule has 0 aromatic heterocycles. The zero-order valence-electron chi connectivity index (χ0n) is 8.45. The van der Waals surface area contributed by atoms with Crippen molar-refractivity contribution in [2.24, 2.45) is 0 Å². The number of benzene rings is 1. The fourth-order valence-electron chi connectivity index (χ4n) is 1.38. The second-order valence-corrected chi connectivity index (χ2v) is 3.47. The topological polar surface area (TPSA) is 49.3 Å². The third kappa shape index (κ3) is 3.47. The molecule has 0 spiro atoms. The molecule has 0 aliphatic heterocycles. The molecule has 0 saturated carbocycles. The number of rotatable bonds is 3. The third-order valence-electron chi connectivity index (χ3n) is 1.93. The molecule has 1 aromatic rings. The van der Waals surface area contributed by atoms with Crippen LogP contribution in [-0.4, -0.2) is 17.1 Å². The van der Waals surface area contributed by atoms with Crippen LogP contribution in [0.5, 0.6) is 5.75 Å². The molecular weight excluding hydrogens is 178 g/mol. The highest BCUT2D eigenvalue weighted by Gasteiger charge is 2.04. The largest absolute Gasteiger partial charge is 0.508 e. The van der Waals surface area contributed by atoms with Crippen LogP contribution in [0.2, 0.25) is 0 Å². The Morgan fingerprint density at radius 3 is 2.50 bits per heavy atom. The van der Waals surface area contributed by atoms with Crippen LogP contribution in [-0.2, 0) is 11.2 Å². The van der Waals surface area contributed by atoms with Crippen LogP contribution in [0.15, 0.2) is 24.3 Å². The number of nitrogens with one attached hydrogen (secondary N) is 1. The van der Waals surface area contributed by atoms with Gasteiger partial charge in [0, 0.05) is 13.0 Å². The summed E-state index contributed by atoms with van der Waals surface area (Å²) in [6, 6.07) is 7.13. The van der Waals surface area contributed by atoms with Crippen LogP contribution in [0.3, 0.4) is 0 Å². The highest BCUT2D eigenvalue weighted by atomic mass is 16.3. The zero-order valence-corrected chi connectivity index (χ0v) is 8.45. The smallest absolute Gasteiger partial charge is 0.217 e. The van der Waals surface area contributed by atoms with Gasteiger partial charge in [-0.2, -0.15) is 0 Å². The van der Waals surface area contributed by atoms with Gasteiger partial charge in [-0.15, -0.1) is 0 Å². The number of amides is 1. The summed E-state index contributed by atoms with van der Waals surface area (Å²) in [7, 11) is 0. The van der Waals surface area contributed by atoms with Crippen LogP contribution < -0.4 is 5.32 Å². The lowest BCUT2D eigenvalue weighted by Crippen LogP contribution is -2.31. The van der Waals surface area contributed by atoms with Crippen molar-refractivity contribution < 1.29 is 9.90 Å². The van der Waals surface area contributed by atoms with Gasteiger partial charge in [0.05, 0.1) is 0 Å². The van der Waals surface area contributed by atoms with E-state index < -0.39 is 0 Å². The standard InChI is InChI=1S/C11H15NO2/c1-8(12-9(2)13)7-10-3-5-11(14)6-4-10/h3-6,8,14H,7H2,1-2H3,(H,12,13)/t8-/m0/s1. The van der Waals surface area contributed by atoms with Crippen LogP contribution in [0, 0.1) is 0 Å². The zero-order chi connectivity index (χ0) is 10.6. The van der Waals surface area contributed by atoms with Crippen LogP contribution in [0.4, 0.5) is 0 Å². The molecule has 76 valence electrons. The minimum absolute atomic E-state index is 0.0173. The van der Waals surface area contributed by atoms with Gasteiger partial charge in [-0.1, -0.05) is 12.1 Å². The summed E-state index contributed by atoms with van der Waals surface area (Å²) in [4.78, 5) is 10.7. The van der Waals surface area contributed by atoms with E-state index in [0.717, 1.165) is 12.0 Å². The van der Waals surface area contributed by atoms with E-state index in [9.17, 15) is 4.79 Å². The highest BCUT2D eigenvalue weighted by molar-refractivity contribution is 5.73. The Kier molecular flexibility index (Phi) is 3.51. The van der Waals surface area contributed by atoms with Crippen molar-refractivity contribution in [1.29, 1.82) is 0 Å². The Labute approximate surface area is 83.8 Å². The number of hydrogen-bond acceptors (Lipinski definition) is 2. The molecule has 0 unspecified atom stereocenters. The van der Waals surface area contributed by atoms with E-state index in [1.165, 1.54) is 6.92 Å². The average Bonchev–Trinajstić information content (AvgIpc) is 2.07. The van der Waals surface area contributed by atoms with E-state index in [-0.39, 0.29) is 17.7 Å². The average molecular weight is 193 g/mol. The van der Waals surface area contributed by atoms with Crippen molar-refractivity contribution in [3.8, 4) is 5.75 Å². The number of carbonyl (C=O) groups excluding carboxylic acids is 1. The number of phenols is 1. The van der Waals surface area contributed by atoms with Gasteiger partial charge < -0.3 is 10.4 Å². The molecule has 0 radical (unpaired) electrons. The lowest BCUT2D eigenvalue weighted by atomic mass is 10.1. The van der Waals surface area contributed by atoms with Crippen molar-refractivity contribution in [2.75, 3.05) is 0 Å². The molecule has 0 aliphatic carbocycles. The molecule has 2 N–H and O–H groups in total. The Morgan fingerprint density at radius 1 is 1.43 bits per heavy atom. The summed E-state index contributed by atoms with van der Waals surface area (Å²) >= 11 is 0. The molecular formula is C11H15NO2. The van der Waals surface area contributed by atoms with Crippen molar-refractivity contribution >= 4 is 5.91 Å². The second-order valence-electron chi connectivity index (χ2n) is 3.47. The van der Waals surface area contributed by atoms with Gasteiger partial charge in [-0.25, -0.2) is 0 Å². The summed E-state index contributed by atoms with van der Waals surface area (Å²) in [6.07, 6.45) is 0.778. The summed E-state index contributed by atoms with van der Waals surface area (Å²) in [5.41, 5.74) is 1.10. The summed E-state index contributed by atoms with van der Waals surface area (Å²) in [6.45, 7) is 3.46. The minimum Gasteiger partial charge on any atom is -0.508 e. The predicted octanol–water partition coefficient (Wildman–Crippen LogP) is 1.46. The summed E-state index contributed by atoms with van der Waals surface area (Å²) in [5.74, 6) is 0.247. The van der Waals surface area contributed by atoms with Crippen molar-refractivity contribution in [3.05, 3.63) is 29.8 Å². The summed E-state index contributed by atoms with van der Waals surface area (Å²) in [5, 5.41) is 11.9. The van der Waals surface area contributed by atoms with E-state index in [0.29, 0.717) is 0 Å². The highest BCUT2D eigenvalue weighted by Crippen LogP contribution is 2.10. The van der Waals surface area contributed by atoms with Crippen molar-refractivity contribution in [1.82, 2.24) is 5.32 Å². The Hall–Kier alpha value is -1.51. The Balaban J connectivity index is 2.51. The lowest BCUT2D eigenvalue weighted by molar-refractivity contribution is -0.119. The first-order chi connectivity index (χ1) is 6.58. The van der Waals surface area contributed by atoms with Gasteiger partial charge in [-0.05, 0) is 31.0 Å². The van der Waals surface area contributed by atoms with Gasteiger partial charge in [0.1, 0.15) is 5.75 Å². The van der Waals surface area contributed by atoms with Gasteiger partial charge in [0.15, 0.2) is 0 Å². The molecule has 3 heteroatoms. The maximum atomic E-state index is 10.7. The van der Waals surface area contributed by atoms with Gasteiger partial charge >= 0.3 is 0 Å². The predicted molar refractivity (Wildman–Crippen MR) is 55.1 cm³/mol. The van der Waals surface area contributed by atoms with Gasteiger partial charge in [0.25, 0.3) is 0 Å². The molecule has 1 aromatic carbocycles. The molecule has 0 aliphatic rings. The first kappa shape index (κ1) is 10.6. The maximum absolute atomic E-state index is 10.7. The molecule has 14 heavy (non-hydrogen) atoms. The number of hydrogen-bond donors (Lipinski definition) is 2. The number of phenolic OH excluding ortho intramolecular Hbond substituents is 1. The maximum Gasteiger partial charge on any atom is 0.217 e. The number of aromatic hydroxyl groups is 1. The number of carbonyl (C=O) groups is 1. The van der Waals surface area contributed by atoms with Crippen molar-refractivity contribution in [3.63, 3.8) is 0 Å². The Bertz CT molecular complexity index is 306. The van der Waals surface area contributed by atoms with E-state index >= 15 is 0 Å². The SMILES string of the molecule is CC(=O)N[C@@H](C)Cc1ccc(O)cc1. The molecule has 1 amide bonds. The van der Waals surface area contributed by atoms with Gasteiger partial charge in [-0.3, -0.25) is 4.79 Å². The van der Waals surface area contributed by atoms with E-state index in [4.69, 9.17) is 5.11 Å². The molecule has 0 saturated heterocycles. The summed E-state index contributed by atoms with van der Waals surface area (Å²) < 4.78 is 0. The molecule has 1 atom stereocenters.